The molecule has 1 aliphatic rings. The molecule has 0 saturated heterocycles. The fourth-order valence-electron chi connectivity index (χ4n) is 3.72. The van der Waals surface area contributed by atoms with Crippen LogP contribution < -0.4 is 15.4 Å². The van der Waals surface area contributed by atoms with Crippen molar-refractivity contribution >= 4 is 17.5 Å². The molecule has 1 aliphatic carbocycles. The predicted octanol–water partition coefficient (Wildman–Crippen LogP) is 6.67. The van der Waals surface area contributed by atoms with Crippen molar-refractivity contribution in [2.24, 2.45) is 0 Å². The highest BCUT2D eigenvalue weighted by molar-refractivity contribution is 5.68. The molecular weight excluding hydrogens is 424 g/mol. The highest BCUT2D eigenvalue weighted by atomic mass is 19.4. The molecule has 3 aromatic rings. The standard InChI is InChI=1S/C23H22F4N4O/c24-16-7-5-10-18(13-16)28-21-14-20(15-6-4-11-19(12-15)32-23(25,26)27)30-22(31-21)29-17-8-2-1-3-9-17/h4-7,10-14,17H,1-3,8-9H2,(H2,28,29,30,31). The molecule has 168 valence electrons. The van der Waals surface area contributed by atoms with Crippen LogP contribution in [-0.2, 0) is 0 Å². The fraction of sp³-hybridized carbons (Fsp3) is 0.304. The molecule has 4 rings (SSSR count). The van der Waals surface area contributed by atoms with Crippen LogP contribution in [-0.4, -0.2) is 22.4 Å². The number of hydrogen-bond acceptors (Lipinski definition) is 5. The number of nitrogens with one attached hydrogen (secondary N) is 2. The summed E-state index contributed by atoms with van der Waals surface area (Å²) in [5.74, 6) is 0.00775. The average molecular weight is 446 g/mol. The number of hydrogen-bond donors (Lipinski definition) is 2. The lowest BCUT2D eigenvalue weighted by atomic mass is 9.96. The largest absolute Gasteiger partial charge is 0.573 e. The molecule has 1 heterocycles. The maximum Gasteiger partial charge on any atom is 0.573 e. The Bertz CT molecular complexity index is 1070. The van der Waals surface area contributed by atoms with Crippen molar-refractivity contribution in [3.05, 3.63) is 60.4 Å². The molecule has 2 N–H and O–H groups in total. The minimum atomic E-state index is -4.79. The van der Waals surface area contributed by atoms with E-state index >= 15 is 0 Å². The van der Waals surface area contributed by atoms with E-state index in [1.54, 1.807) is 24.3 Å². The van der Waals surface area contributed by atoms with Crippen LogP contribution in [0, 0.1) is 5.82 Å². The number of ether oxygens (including phenoxy) is 1. The first-order valence-corrected chi connectivity index (χ1v) is 10.4. The van der Waals surface area contributed by atoms with Crippen molar-refractivity contribution < 1.29 is 22.3 Å². The molecule has 2 aromatic carbocycles. The molecule has 32 heavy (non-hydrogen) atoms. The second-order valence-corrected chi connectivity index (χ2v) is 7.65. The molecule has 1 aromatic heterocycles. The van der Waals surface area contributed by atoms with E-state index < -0.39 is 12.2 Å². The molecule has 0 spiro atoms. The lowest BCUT2D eigenvalue weighted by Gasteiger charge is -2.23. The summed E-state index contributed by atoms with van der Waals surface area (Å²) in [5.41, 5.74) is 1.33. The van der Waals surface area contributed by atoms with E-state index in [2.05, 4.69) is 25.3 Å². The Morgan fingerprint density at radius 3 is 2.44 bits per heavy atom. The maximum atomic E-state index is 13.6. The van der Waals surface area contributed by atoms with E-state index in [0.717, 1.165) is 25.7 Å². The molecule has 0 bridgehead atoms. The molecule has 5 nitrogen and oxygen atoms in total. The van der Waals surface area contributed by atoms with Crippen LogP contribution in [0.1, 0.15) is 32.1 Å². The van der Waals surface area contributed by atoms with Gasteiger partial charge in [0, 0.05) is 23.4 Å². The van der Waals surface area contributed by atoms with E-state index in [1.807, 2.05) is 0 Å². The van der Waals surface area contributed by atoms with Crippen molar-refractivity contribution in [1.29, 1.82) is 0 Å². The molecule has 0 atom stereocenters. The van der Waals surface area contributed by atoms with Gasteiger partial charge in [0.25, 0.3) is 0 Å². The third kappa shape index (κ3) is 6.09. The van der Waals surface area contributed by atoms with Crippen LogP contribution in [0.15, 0.2) is 54.6 Å². The zero-order valence-electron chi connectivity index (χ0n) is 17.1. The molecule has 1 fully saturated rings. The number of aromatic nitrogens is 2. The van der Waals surface area contributed by atoms with Gasteiger partial charge in [0.1, 0.15) is 17.4 Å². The van der Waals surface area contributed by atoms with E-state index in [-0.39, 0.29) is 11.8 Å². The smallest absolute Gasteiger partial charge is 0.406 e. The number of nitrogens with zero attached hydrogens (tertiary/aromatic N) is 2. The Morgan fingerprint density at radius 1 is 0.906 bits per heavy atom. The minimum Gasteiger partial charge on any atom is -0.406 e. The van der Waals surface area contributed by atoms with E-state index in [0.29, 0.717) is 28.7 Å². The Labute approximate surface area is 182 Å². The van der Waals surface area contributed by atoms with Crippen molar-refractivity contribution in [1.82, 2.24) is 9.97 Å². The van der Waals surface area contributed by atoms with Crippen molar-refractivity contribution in [3.8, 4) is 17.0 Å². The van der Waals surface area contributed by atoms with Gasteiger partial charge in [-0.1, -0.05) is 37.5 Å². The molecule has 9 heteroatoms. The molecule has 0 radical (unpaired) electrons. The van der Waals surface area contributed by atoms with Crippen LogP contribution >= 0.6 is 0 Å². The molecular formula is C23H22F4N4O. The fourth-order valence-corrected chi connectivity index (χ4v) is 3.72. The predicted molar refractivity (Wildman–Crippen MR) is 114 cm³/mol. The third-order valence-corrected chi connectivity index (χ3v) is 5.12. The Kier molecular flexibility index (Phi) is 6.43. The Morgan fingerprint density at radius 2 is 1.69 bits per heavy atom. The highest BCUT2D eigenvalue weighted by Crippen LogP contribution is 2.30. The number of benzene rings is 2. The number of alkyl halides is 3. The van der Waals surface area contributed by atoms with Gasteiger partial charge in [0.05, 0.1) is 5.69 Å². The van der Waals surface area contributed by atoms with Gasteiger partial charge < -0.3 is 15.4 Å². The van der Waals surface area contributed by atoms with Crippen LogP contribution in [0.25, 0.3) is 11.3 Å². The summed E-state index contributed by atoms with van der Waals surface area (Å²) < 4.78 is 55.6. The van der Waals surface area contributed by atoms with Gasteiger partial charge >= 0.3 is 6.36 Å². The lowest BCUT2D eigenvalue weighted by Crippen LogP contribution is -2.23. The van der Waals surface area contributed by atoms with Gasteiger partial charge in [0.2, 0.25) is 5.95 Å². The molecule has 0 aliphatic heterocycles. The summed E-state index contributed by atoms with van der Waals surface area (Å²) >= 11 is 0. The topological polar surface area (TPSA) is 59.1 Å². The Balaban J connectivity index is 1.67. The number of halogens is 4. The molecule has 1 saturated carbocycles. The average Bonchev–Trinajstić information content (AvgIpc) is 2.73. The van der Waals surface area contributed by atoms with Crippen molar-refractivity contribution in [2.75, 3.05) is 10.6 Å². The van der Waals surface area contributed by atoms with E-state index in [4.69, 9.17) is 0 Å². The van der Waals surface area contributed by atoms with Crippen LogP contribution in [0.2, 0.25) is 0 Å². The van der Waals surface area contributed by atoms with Gasteiger partial charge in [-0.3, -0.25) is 0 Å². The summed E-state index contributed by atoms with van der Waals surface area (Å²) in [6.07, 6.45) is 0.620. The van der Waals surface area contributed by atoms with Crippen molar-refractivity contribution in [3.63, 3.8) is 0 Å². The van der Waals surface area contributed by atoms with Crippen molar-refractivity contribution in [2.45, 2.75) is 44.5 Å². The van der Waals surface area contributed by atoms with Gasteiger partial charge in [-0.05, 0) is 43.2 Å². The van der Waals surface area contributed by atoms with Crippen LogP contribution in [0.5, 0.6) is 5.75 Å². The van der Waals surface area contributed by atoms with E-state index in [1.165, 1.54) is 36.8 Å². The van der Waals surface area contributed by atoms with Crippen LogP contribution in [0.4, 0.5) is 35.0 Å². The van der Waals surface area contributed by atoms with Crippen LogP contribution in [0.3, 0.4) is 0 Å². The third-order valence-electron chi connectivity index (χ3n) is 5.12. The van der Waals surface area contributed by atoms with Gasteiger partial charge in [-0.2, -0.15) is 4.98 Å². The summed E-state index contributed by atoms with van der Waals surface area (Å²) in [5, 5.41) is 6.38. The summed E-state index contributed by atoms with van der Waals surface area (Å²) in [6, 6.07) is 13.3. The lowest BCUT2D eigenvalue weighted by molar-refractivity contribution is -0.274. The zero-order valence-corrected chi connectivity index (χ0v) is 17.1. The van der Waals surface area contributed by atoms with E-state index in [9.17, 15) is 17.6 Å². The monoisotopic (exact) mass is 446 g/mol. The summed E-state index contributed by atoms with van der Waals surface area (Å²) in [6.45, 7) is 0. The summed E-state index contributed by atoms with van der Waals surface area (Å²) in [4.78, 5) is 9.01. The highest BCUT2D eigenvalue weighted by Gasteiger charge is 2.31. The first kappa shape index (κ1) is 21.9. The second kappa shape index (κ2) is 9.42. The first-order valence-electron chi connectivity index (χ1n) is 10.4. The van der Waals surface area contributed by atoms with Gasteiger partial charge in [-0.15, -0.1) is 13.2 Å². The molecule has 0 amide bonds. The summed E-state index contributed by atoms with van der Waals surface area (Å²) in [7, 11) is 0. The maximum absolute atomic E-state index is 13.6. The normalized spacial score (nSPS) is 14.8. The van der Waals surface area contributed by atoms with Gasteiger partial charge in [0.15, 0.2) is 0 Å². The zero-order chi connectivity index (χ0) is 22.6. The minimum absolute atomic E-state index is 0.223. The SMILES string of the molecule is Fc1cccc(Nc2cc(-c3cccc(OC(F)(F)F)c3)nc(NC3CCCCC3)n2)c1. The number of anilines is 3. The number of rotatable bonds is 6. The quantitative estimate of drug-likeness (QED) is 0.414. The van der Waals surface area contributed by atoms with Gasteiger partial charge in [-0.25, -0.2) is 9.37 Å². The Hall–Kier alpha value is -3.36. The molecule has 0 unspecified atom stereocenters. The first-order chi connectivity index (χ1) is 15.3. The second-order valence-electron chi connectivity index (χ2n) is 7.65.